The normalized spacial score (nSPS) is 21.9. The first-order valence-electron chi connectivity index (χ1n) is 5.58. The van der Waals surface area contributed by atoms with Crippen molar-refractivity contribution >= 4 is 0 Å². The molecule has 1 aliphatic carbocycles. The van der Waals surface area contributed by atoms with Crippen molar-refractivity contribution in [2.75, 3.05) is 13.1 Å². The molecule has 3 N–H and O–H groups in total. The third-order valence-electron chi connectivity index (χ3n) is 3.19. The summed E-state index contributed by atoms with van der Waals surface area (Å²) in [5, 5.41) is 3.56. The van der Waals surface area contributed by atoms with Gasteiger partial charge in [0.05, 0.1) is 0 Å². The fourth-order valence-electron chi connectivity index (χ4n) is 1.76. The van der Waals surface area contributed by atoms with Crippen molar-refractivity contribution in [2.45, 2.75) is 39.7 Å². The standard InChI is InChI=1S/C11H24N2/c1-8(2)11(6-12)13-7-9(3)10-4-5-10/h8-11,13H,4-7,12H2,1-3H3. The van der Waals surface area contributed by atoms with Crippen LogP contribution < -0.4 is 11.1 Å². The van der Waals surface area contributed by atoms with E-state index in [0.717, 1.165) is 24.9 Å². The van der Waals surface area contributed by atoms with Gasteiger partial charge in [0.1, 0.15) is 0 Å². The number of rotatable bonds is 6. The second-order valence-corrected chi connectivity index (χ2v) is 4.81. The van der Waals surface area contributed by atoms with Gasteiger partial charge < -0.3 is 11.1 Å². The van der Waals surface area contributed by atoms with Gasteiger partial charge in [-0.05, 0) is 37.1 Å². The molecule has 2 atom stereocenters. The van der Waals surface area contributed by atoms with Crippen LogP contribution in [0.2, 0.25) is 0 Å². The fraction of sp³-hybridized carbons (Fsp3) is 1.00. The van der Waals surface area contributed by atoms with Crippen molar-refractivity contribution in [2.24, 2.45) is 23.5 Å². The van der Waals surface area contributed by atoms with Crippen LogP contribution in [-0.4, -0.2) is 19.1 Å². The molecule has 0 aromatic carbocycles. The number of nitrogens with two attached hydrogens (primary N) is 1. The van der Waals surface area contributed by atoms with Crippen LogP contribution in [0.4, 0.5) is 0 Å². The molecular formula is C11H24N2. The maximum atomic E-state index is 5.69. The molecule has 2 unspecified atom stereocenters. The van der Waals surface area contributed by atoms with Crippen molar-refractivity contribution in [3.63, 3.8) is 0 Å². The Morgan fingerprint density at radius 1 is 1.31 bits per heavy atom. The molecular weight excluding hydrogens is 160 g/mol. The summed E-state index contributed by atoms with van der Waals surface area (Å²) in [6.07, 6.45) is 2.88. The highest BCUT2D eigenvalue weighted by atomic mass is 14.9. The van der Waals surface area contributed by atoms with Gasteiger partial charge in [-0.15, -0.1) is 0 Å². The van der Waals surface area contributed by atoms with Gasteiger partial charge in [0.25, 0.3) is 0 Å². The highest BCUT2D eigenvalue weighted by molar-refractivity contribution is 4.81. The van der Waals surface area contributed by atoms with E-state index in [4.69, 9.17) is 5.73 Å². The van der Waals surface area contributed by atoms with E-state index in [1.54, 1.807) is 0 Å². The highest BCUT2D eigenvalue weighted by Crippen LogP contribution is 2.36. The molecule has 0 heterocycles. The van der Waals surface area contributed by atoms with Gasteiger partial charge in [-0.1, -0.05) is 20.8 Å². The Bertz CT molecular complexity index is 141. The van der Waals surface area contributed by atoms with Gasteiger partial charge in [0.15, 0.2) is 0 Å². The predicted molar refractivity (Wildman–Crippen MR) is 57.6 cm³/mol. The van der Waals surface area contributed by atoms with E-state index in [1.165, 1.54) is 12.8 Å². The molecule has 0 saturated heterocycles. The van der Waals surface area contributed by atoms with Crippen LogP contribution in [0.15, 0.2) is 0 Å². The molecule has 1 saturated carbocycles. The number of hydrogen-bond acceptors (Lipinski definition) is 2. The van der Waals surface area contributed by atoms with Gasteiger partial charge in [-0.2, -0.15) is 0 Å². The molecule has 1 fully saturated rings. The quantitative estimate of drug-likeness (QED) is 0.658. The molecule has 0 aromatic rings. The van der Waals surface area contributed by atoms with Crippen LogP contribution in [0.5, 0.6) is 0 Å². The van der Waals surface area contributed by atoms with E-state index >= 15 is 0 Å². The molecule has 2 heteroatoms. The molecule has 0 radical (unpaired) electrons. The van der Waals surface area contributed by atoms with E-state index in [2.05, 4.69) is 26.1 Å². The van der Waals surface area contributed by atoms with Crippen molar-refractivity contribution in [3.05, 3.63) is 0 Å². The summed E-state index contributed by atoms with van der Waals surface area (Å²) in [4.78, 5) is 0. The lowest BCUT2D eigenvalue weighted by atomic mass is 10.0. The second-order valence-electron chi connectivity index (χ2n) is 4.81. The summed E-state index contributed by atoms with van der Waals surface area (Å²) < 4.78 is 0. The fourth-order valence-corrected chi connectivity index (χ4v) is 1.76. The molecule has 2 nitrogen and oxygen atoms in total. The monoisotopic (exact) mass is 184 g/mol. The van der Waals surface area contributed by atoms with E-state index in [9.17, 15) is 0 Å². The SMILES string of the molecule is CC(C)C(CN)NCC(C)C1CC1. The summed E-state index contributed by atoms with van der Waals surface area (Å²) in [5.74, 6) is 2.49. The lowest BCUT2D eigenvalue weighted by molar-refractivity contribution is 0.361. The first-order valence-corrected chi connectivity index (χ1v) is 5.58. The zero-order valence-electron chi connectivity index (χ0n) is 9.22. The third-order valence-corrected chi connectivity index (χ3v) is 3.19. The molecule has 78 valence electrons. The summed E-state index contributed by atoms with van der Waals surface area (Å²) in [6, 6.07) is 0.501. The zero-order chi connectivity index (χ0) is 9.84. The Kier molecular flexibility index (Phi) is 4.20. The molecule has 1 aliphatic rings. The predicted octanol–water partition coefficient (Wildman–Crippen LogP) is 1.61. The van der Waals surface area contributed by atoms with Crippen LogP contribution in [0.3, 0.4) is 0 Å². The average Bonchev–Trinajstić information content (AvgIpc) is 2.86. The summed E-state index contributed by atoms with van der Waals surface area (Å²) >= 11 is 0. The molecule has 0 bridgehead atoms. The summed E-state index contributed by atoms with van der Waals surface area (Å²) in [7, 11) is 0. The molecule has 0 aliphatic heterocycles. The largest absolute Gasteiger partial charge is 0.329 e. The van der Waals surface area contributed by atoms with Gasteiger partial charge in [-0.25, -0.2) is 0 Å². The van der Waals surface area contributed by atoms with Crippen molar-refractivity contribution in [3.8, 4) is 0 Å². The lowest BCUT2D eigenvalue weighted by Gasteiger charge is -2.22. The first kappa shape index (κ1) is 11.0. The Hall–Kier alpha value is -0.0800. The van der Waals surface area contributed by atoms with Gasteiger partial charge >= 0.3 is 0 Å². The van der Waals surface area contributed by atoms with Gasteiger partial charge in [-0.3, -0.25) is 0 Å². The third kappa shape index (κ3) is 3.65. The van der Waals surface area contributed by atoms with Crippen molar-refractivity contribution in [1.82, 2.24) is 5.32 Å². The zero-order valence-corrected chi connectivity index (χ0v) is 9.22. The van der Waals surface area contributed by atoms with Gasteiger partial charge in [0.2, 0.25) is 0 Å². The minimum atomic E-state index is 0.501. The van der Waals surface area contributed by atoms with Crippen LogP contribution in [-0.2, 0) is 0 Å². The minimum absolute atomic E-state index is 0.501. The van der Waals surface area contributed by atoms with E-state index in [1.807, 2.05) is 0 Å². The summed E-state index contributed by atoms with van der Waals surface area (Å²) in [5.41, 5.74) is 5.69. The Morgan fingerprint density at radius 2 is 1.92 bits per heavy atom. The summed E-state index contributed by atoms with van der Waals surface area (Å²) in [6.45, 7) is 8.71. The van der Waals surface area contributed by atoms with Gasteiger partial charge in [0, 0.05) is 12.6 Å². The van der Waals surface area contributed by atoms with Crippen LogP contribution in [0.1, 0.15) is 33.6 Å². The number of nitrogens with one attached hydrogen (secondary N) is 1. The maximum absolute atomic E-state index is 5.69. The van der Waals surface area contributed by atoms with Crippen LogP contribution in [0, 0.1) is 17.8 Å². The van der Waals surface area contributed by atoms with Crippen molar-refractivity contribution in [1.29, 1.82) is 0 Å². The minimum Gasteiger partial charge on any atom is -0.329 e. The topological polar surface area (TPSA) is 38.0 Å². The van der Waals surface area contributed by atoms with Crippen LogP contribution >= 0.6 is 0 Å². The van der Waals surface area contributed by atoms with Crippen LogP contribution in [0.25, 0.3) is 0 Å². The first-order chi connectivity index (χ1) is 6.15. The molecule has 0 spiro atoms. The maximum Gasteiger partial charge on any atom is 0.0213 e. The smallest absolute Gasteiger partial charge is 0.0213 e. The van der Waals surface area contributed by atoms with Crippen molar-refractivity contribution < 1.29 is 0 Å². The van der Waals surface area contributed by atoms with E-state index in [-0.39, 0.29) is 0 Å². The van der Waals surface area contributed by atoms with E-state index in [0.29, 0.717) is 12.0 Å². The second kappa shape index (κ2) is 4.97. The van der Waals surface area contributed by atoms with E-state index < -0.39 is 0 Å². The Balaban J connectivity index is 2.14. The average molecular weight is 184 g/mol. The molecule has 1 rings (SSSR count). The highest BCUT2D eigenvalue weighted by Gasteiger charge is 2.27. The molecule has 13 heavy (non-hydrogen) atoms. The Labute approximate surface area is 82.3 Å². The Morgan fingerprint density at radius 3 is 2.31 bits per heavy atom. The molecule has 0 amide bonds. The molecule has 0 aromatic heterocycles. The number of hydrogen-bond donors (Lipinski definition) is 2. The lowest BCUT2D eigenvalue weighted by Crippen LogP contribution is -2.42.